The number of benzene rings is 7. The van der Waals surface area contributed by atoms with Crippen LogP contribution in [0.25, 0.3) is 11.1 Å². The number of halogens is 2. The van der Waals surface area contributed by atoms with Crippen molar-refractivity contribution < 1.29 is 162 Å². The van der Waals surface area contributed by atoms with E-state index in [1.165, 1.54) is 30.3 Å². The summed E-state index contributed by atoms with van der Waals surface area (Å²) in [5.74, 6) is -21.6. The minimum atomic E-state index is -3.19. The number of rotatable bonds is 28. The summed E-state index contributed by atoms with van der Waals surface area (Å²) in [7, 11) is 0. The van der Waals surface area contributed by atoms with E-state index in [1.54, 1.807) is 0 Å². The van der Waals surface area contributed by atoms with Crippen LogP contribution < -0.4 is 72.5 Å². The number of aromatic hydroxyl groups is 3. The lowest BCUT2D eigenvalue weighted by Crippen LogP contribution is -2.67. The van der Waals surface area contributed by atoms with Gasteiger partial charge in [-0.1, -0.05) is 145 Å². The molecule has 24 atom stereocenters. The molecule has 3 saturated heterocycles. The van der Waals surface area contributed by atoms with Crippen molar-refractivity contribution in [3.8, 4) is 68.6 Å². The number of ether oxygens (including phenoxy) is 9. The van der Waals surface area contributed by atoms with Crippen LogP contribution in [0.1, 0.15) is 204 Å². The molecule has 9 amide bonds. The second-order valence-corrected chi connectivity index (χ2v) is 38.2. The van der Waals surface area contributed by atoms with Gasteiger partial charge >= 0.3 is 5.97 Å². The van der Waals surface area contributed by atoms with E-state index in [4.69, 9.17) is 71.6 Å². The molecule has 1 unspecified atom stereocenters. The van der Waals surface area contributed by atoms with Gasteiger partial charge in [0.15, 0.2) is 47.7 Å². The highest BCUT2D eigenvalue weighted by Crippen LogP contribution is 2.56. The van der Waals surface area contributed by atoms with Crippen molar-refractivity contribution in [2.24, 2.45) is 11.7 Å². The Kier molecular flexibility index (Phi) is 33.6. The summed E-state index contributed by atoms with van der Waals surface area (Å²) >= 11 is 14.9. The number of nitrogens with two attached hydrogens (primary N) is 1. The second-order valence-electron chi connectivity index (χ2n) is 37.4. The molecule has 7 aromatic rings. The lowest BCUT2D eigenvalue weighted by atomic mass is 9.90. The van der Waals surface area contributed by atoms with Crippen LogP contribution in [0.5, 0.6) is 57.5 Å². The number of nitrogens with one attached hydrogen (secondary N) is 9. The number of hydrogen-bond donors (Lipinski definition) is 24. The summed E-state index contributed by atoms with van der Waals surface area (Å²) in [6, 6.07) is 1.31. The number of aliphatic hydroxyl groups excluding tert-OH is 9. The number of carbonyl (C=O) groups excluding carboxylic acids is 9. The Morgan fingerprint density at radius 2 is 1.11 bits per heavy atom. The highest BCUT2D eigenvalue weighted by atomic mass is 35.5. The van der Waals surface area contributed by atoms with Crippen molar-refractivity contribution in [2.75, 3.05) is 19.8 Å². The first-order chi connectivity index (χ1) is 68.7. The van der Waals surface area contributed by atoms with Crippen LogP contribution >= 0.6 is 23.2 Å². The maximum Gasteiger partial charge on any atom is 0.330 e. The lowest BCUT2D eigenvalue weighted by molar-refractivity contribution is -0.355. The van der Waals surface area contributed by atoms with Crippen molar-refractivity contribution in [3.63, 3.8) is 0 Å². The van der Waals surface area contributed by atoms with E-state index in [0.717, 1.165) is 150 Å². The molecule has 0 spiro atoms. The Hall–Kier alpha value is -12.2. The van der Waals surface area contributed by atoms with Gasteiger partial charge in [0.05, 0.1) is 23.3 Å². The van der Waals surface area contributed by atoms with Crippen LogP contribution in [-0.2, 0) is 83.8 Å². The molecular weight excluding hydrogens is 1930 g/mol. The fourth-order valence-electron chi connectivity index (χ4n) is 18.9. The average Bonchev–Trinajstić information content (AvgIpc) is 1.55. The van der Waals surface area contributed by atoms with Crippen LogP contribution in [0.2, 0.25) is 10.0 Å². The van der Waals surface area contributed by atoms with Crippen LogP contribution in [0.3, 0.4) is 0 Å². The van der Waals surface area contributed by atoms with E-state index in [1.807, 2.05) is 0 Å². The molecule has 7 aromatic carbocycles. The first-order valence-electron chi connectivity index (χ1n) is 47.5. The molecule has 774 valence electrons. The number of carboxylic acid groups (broad SMARTS) is 1. The minimum Gasteiger partial charge on any atom is -0.508 e. The first-order valence-corrected chi connectivity index (χ1v) is 48.3. The van der Waals surface area contributed by atoms with Gasteiger partial charge in [0.1, 0.15) is 138 Å². The van der Waals surface area contributed by atoms with E-state index < -0.39 is 320 Å². The quantitative estimate of drug-likeness (QED) is 0.0245. The molecule has 1 aliphatic carbocycles. The molecule has 0 radical (unpaired) electrons. The SMILES string of the molecule is CCCCCCCCCCNC(=O)[C@H]1O[C@@H](Oc2c3cc4cc2Oc2ccc(cc2Cl)[C@@H](O[C@@H]2O[C@H](CO)[C@@H](O)[C@H](O)[C@H]2NC(C)=O)[C@@H]2NC(=O)[C@H](NC(=O)[C@@H]4NC(=O)[C@H]4NC(=O)[C@@H](Cc5ccc(c(Cl)c5)O3)NC(=O)[C@H](N)c3ccc(O)c(c3)Oc3cc(O)cc4c3)c3ccc4c(c3)-c3c(cc(O)cc3C4(O)O[C@H]3O[C@H](CO)[C@@H](O)[C@H](O)[C@@H]3O)[C@@H](C(=O)O)NC2=O)[C@H](NC(=O)CCCCCCC(C)C)[C@@H](O)[C@@H]1O. The smallest absolute Gasteiger partial charge is 0.330 e. The molecule has 0 aromatic heterocycles. The highest BCUT2D eigenvalue weighted by Gasteiger charge is 2.56. The Morgan fingerprint density at radius 1 is 0.528 bits per heavy atom. The fraction of sp³-hybridized carbons (Fsp3) is 0.475. The molecule has 25 N–H and O–H groups in total. The number of carboxylic acids is 1. The van der Waals surface area contributed by atoms with Crippen molar-refractivity contribution in [1.29, 1.82) is 0 Å². The summed E-state index contributed by atoms with van der Waals surface area (Å²) in [5, 5.41) is 186. The molecule has 43 nitrogen and oxygen atoms in total. The van der Waals surface area contributed by atoms with Crippen LogP contribution in [0.4, 0.5) is 0 Å². The van der Waals surface area contributed by atoms with Gasteiger partial charge in [0.2, 0.25) is 65.1 Å². The minimum absolute atomic E-state index is 0.0258. The predicted octanol–water partition coefficient (Wildman–Crippen LogP) is 3.72. The van der Waals surface area contributed by atoms with Gasteiger partial charge in [-0.05, 0) is 148 Å². The van der Waals surface area contributed by atoms with Crippen LogP contribution in [0.15, 0.2) is 115 Å². The van der Waals surface area contributed by atoms with Gasteiger partial charge in [0, 0.05) is 43.5 Å². The Balaban J connectivity index is 0.979. The molecular formula is C99H116Cl2N10O33. The molecule has 17 bridgehead atoms. The summed E-state index contributed by atoms with van der Waals surface area (Å²) in [5.41, 5.74) is 2.36. The zero-order chi connectivity index (χ0) is 103. The summed E-state index contributed by atoms with van der Waals surface area (Å²) in [4.78, 5) is 155. The second kappa shape index (κ2) is 45.6. The van der Waals surface area contributed by atoms with Gasteiger partial charge < -0.3 is 168 Å². The van der Waals surface area contributed by atoms with Crippen LogP contribution in [-0.4, -0.2) is 254 Å². The standard InChI is InChI=1S/C99H116Cl2N10O33/c1-5-6-7-8-9-10-13-16-27-103-94(132)87-83(124)81(122)76(106-68(118)18-15-12-11-14-17-42(2)3)97(143-87)142-86-64-35-49-36-65(86)138-62-26-22-47(33-58(62)101)85(141-96-75(104-43(4)114)80(121)78(119)66(40-112)139-96)77-93(131)110-74(95(133)134)54-38-51(116)39-56-69(54)53-32-46(20-23-55(53)99(56,135)144-98-84(125)82(123)79(120)67(41-113)140-98)71(90(128)111-77)108-92(130)73(49)109-91(129)72-48-30-50(115)37-52(31-48)136-63-34-45(21-24-60(63)117)70(102)89(127)105-59(88(126)107-72)29-44-19-25-61(137-64)57(100)28-44/h19-26,28,30-39,42,59,66-67,70-85,87,96-98,112-113,115-117,119-125,135H,5-18,27,29,40-41,102H2,1-4H3,(H,103,132)(H,104,114)(H,105,127)(H,106,118)(H,107,126)(H,108,130)(H,109,129)(H,110,131)(H,111,128)(H,133,134)/t59-,66-,67-,70-,71-,72+,73-,74+,75-,76-,77+,78-,79-,80-,81-,82+,83+,84+,85-,87+,96+,97-,98-,99?/m1/s1. The predicted molar refractivity (Wildman–Crippen MR) is 503 cm³/mol. The third kappa shape index (κ3) is 23.2. The van der Waals surface area contributed by atoms with Crippen molar-refractivity contribution in [3.05, 3.63) is 175 Å². The van der Waals surface area contributed by atoms with Gasteiger partial charge in [-0.15, -0.1) is 0 Å². The molecule has 9 aliphatic heterocycles. The monoisotopic (exact) mass is 2040 g/mol. The van der Waals surface area contributed by atoms with Gasteiger partial charge in [-0.25, -0.2) is 4.79 Å². The largest absolute Gasteiger partial charge is 0.508 e. The third-order valence-corrected chi connectivity index (χ3v) is 27.1. The maximum absolute atomic E-state index is 17.3. The van der Waals surface area contributed by atoms with Crippen molar-refractivity contribution in [2.45, 2.75) is 270 Å². The number of aliphatic carboxylic acids is 1. The lowest BCUT2D eigenvalue weighted by Gasteiger charge is -2.44. The summed E-state index contributed by atoms with van der Waals surface area (Å²) < 4.78 is 58.5. The summed E-state index contributed by atoms with van der Waals surface area (Å²) in [6.07, 6.45) is -19.8. The normalized spacial score (nSPS) is 28.7. The highest BCUT2D eigenvalue weighted by molar-refractivity contribution is 6.32. The van der Waals surface area contributed by atoms with E-state index in [-0.39, 0.29) is 46.4 Å². The number of carbonyl (C=O) groups is 10. The number of unbranched alkanes of at least 4 members (excludes halogenated alkanes) is 10. The first kappa shape index (κ1) is 106. The topological polar surface area (TPSA) is 671 Å². The van der Waals surface area contributed by atoms with E-state index in [0.29, 0.717) is 31.6 Å². The molecule has 3 fully saturated rings. The Bertz CT molecular complexity index is 5980. The number of phenolic OH excluding ortho intramolecular Hbond substituents is 3. The molecule has 144 heavy (non-hydrogen) atoms. The Morgan fingerprint density at radius 3 is 1.77 bits per heavy atom. The number of fused-ring (bicyclic) bond motifs is 11. The fourth-order valence-corrected chi connectivity index (χ4v) is 19.3. The Labute approximate surface area is 833 Å². The number of hydrogen-bond acceptors (Lipinski definition) is 33. The zero-order valence-corrected chi connectivity index (χ0v) is 79.9. The van der Waals surface area contributed by atoms with Crippen molar-refractivity contribution >= 4 is 82.3 Å². The average molecular weight is 2040 g/mol. The van der Waals surface area contributed by atoms with E-state index in [9.17, 15) is 95.5 Å². The molecule has 17 rings (SSSR count). The van der Waals surface area contributed by atoms with E-state index >= 15 is 24.0 Å². The summed E-state index contributed by atoms with van der Waals surface area (Å²) in [6.45, 7) is 5.16. The maximum atomic E-state index is 17.3. The molecule has 10 aliphatic rings. The number of aliphatic hydroxyl groups is 10. The zero-order valence-electron chi connectivity index (χ0n) is 78.4. The van der Waals surface area contributed by atoms with Crippen molar-refractivity contribution in [1.82, 2.24) is 47.9 Å². The van der Waals surface area contributed by atoms with Gasteiger partial charge in [0.25, 0.3) is 5.91 Å². The molecule has 0 saturated carbocycles. The number of amides is 9. The third-order valence-electron chi connectivity index (χ3n) is 26.5. The van der Waals surface area contributed by atoms with Gasteiger partial charge in [-0.2, -0.15) is 0 Å². The molecule has 45 heteroatoms. The molecule has 9 heterocycles. The number of phenols is 3. The van der Waals surface area contributed by atoms with Gasteiger partial charge in [-0.3, -0.25) is 43.2 Å². The van der Waals surface area contributed by atoms with E-state index in [2.05, 4.69) is 68.6 Å². The van der Waals surface area contributed by atoms with Crippen LogP contribution in [0, 0.1) is 5.92 Å².